The van der Waals surface area contributed by atoms with E-state index in [4.69, 9.17) is 14.0 Å². The van der Waals surface area contributed by atoms with Crippen LogP contribution in [0.1, 0.15) is 284 Å². The topological polar surface area (TPSA) is 108 Å². The van der Waals surface area contributed by atoms with Crippen molar-refractivity contribution in [3.05, 3.63) is 12.2 Å². The Morgan fingerprint density at radius 3 is 1.07 bits per heavy atom. The SMILES string of the molecule is CCCCCCCCCC/C=C\CCCCCCCCCCCC(=O)OC(COC(=O)CCCCCCCCCCCCCCCCCCCCCCC)COP(=O)(O)OC. The summed E-state index contributed by atoms with van der Waals surface area (Å²) >= 11 is 0. The number of ether oxygens (including phenoxy) is 2. The van der Waals surface area contributed by atoms with Crippen molar-refractivity contribution in [2.45, 2.75) is 290 Å². The average molecular weight is 885 g/mol. The molecule has 61 heavy (non-hydrogen) atoms. The monoisotopic (exact) mass is 885 g/mol. The van der Waals surface area contributed by atoms with E-state index in [2.05, 4.69) is 30.5 Å². The molecule has 0 saturated carbocycles. The molecule has 0 spiro atoms. The van der Waals surface area contributed by atoms with Crippen molar-refractivity contribution < 1.29 is 37.6 Å². The predicted octanol–water partition coefficient (Wildman–Crippen LogP) is 17.2. The number of unbranched alkanes of at least 4 members (excludes halogenated alkanes) is 37. The van der Waals surface area contributed by atoms with E-state index in [1.165, 1.54) is 218 Å². The largest absolute Gasteiger partial charge is 0.472 e. The highest BCUT2D eigenvalue weighted by Crippen LogP contribution is 2.42. The quantitative estimate of drug-likeness (QED) is 0.0278. The van der Waals surface area contributed by atoms with E-state index in [-0.39, 0.29) is 19.0 Å². The minimum atomic E-state index is -4.26. The summed E-state index contributed by atoms with van der Waals surface area (Å²) in [5.74, 6) is -0.787. The van der Waals surface area contributed by atoms with E-state index < -0.39 is 26.5 Å². The number of carbonyl (C=O) groups excluding carboxylic acids is 2. The Labute approximate surface area is 378 Å². The van der Waals surface area contributed by atoms with Gasteiger partial charge in [-0.25, -0.2) is 4.57 Å². The Hall–Kier alpha value is -1.21. The summed E-state index contributed by atoms with van der Waals surface area (Å²) in [6, 6.07) is 0. The van der Waals surface area contributed by atoms with Gasteiger partial charge in [0.1, 0.15) is 6.61 Å². The molecule has 0 fully saturated rings. The maximum absolute atomic E-state index is 12.6. The maximum Gasteiger partial charge on any atom is 0.472 e. The van der Waals surface area contributed by atoms with Gasteiger partial charge in [0.2, 0.25) is 0 Å². The van der Waals surface area contributed by atoms with Gasteiger partial charge in [-0.2, -0.15) is 0 Å². The molecule has 9 heteroatoms. The van der Waals surface area contributed by atoms with Crippen LogP contribution in [0.25, 0.3) is 0 Å². The van der Waals surface area contributed by atoms with Crippen molar-refractivity contribution in [2.24, 2.45) is 0 Å². The fourth-order valence-electron chi connectivity index (χ4n) is 7.95. The number of phosphoric ester groups is 1. The van der Waals surface area contributed by atoms with Gasteiger partial charge in [-0.05, 0) is 38.5 Å². The molecule has 2 unspecified atom stereocenters. The lowest BCUT2D eigenvalue weighted by Gasteiger charge is -2.19. The Balaban J connectivity index is 3.85. The molecular formula is C52H101O8P. The van der Waals surface area contributed by atoms with Gasteiger partial charge >= 0.3 is 19.8 Å². The normalized spacial score (nSPS) is 13.2. The molecule has 0 aromatic heterocycles. The molecule has 0 heterocycles. The van der Waals surface area contributed by atoms with E-state index in [9.17, 15) is 19.0 Å². The van der Waals surface area contributed by atoms with Crippen molar-refractivity contribution >= 4 is 19.8 Å². The summed E-state index contributed by atoms with van der Waals surface area (Å²) in [5.41, 5.74) is 0. The number of carbonyl (C=O) groups is 2. The zero-order valence-corrected chi connectivity index (χ0v) is 41.5. The van der Waals surface area contributed by atoms with Crippen LogP contribution in [0.15, 0.2) is 12.2 Å². The molecule has 0 aliphatic rings. The third-order valence-electron chi connectivity index (χ3n) is 12.0. The fraction of sp³-hybridized carbons (Fsp3) is 0.923. The molecule has 2 atom stereocenters. The number of esters is 2. The molecule has 0 aromatic rings. The standard InChI is InChI=1S/C52H101O8P/c1-4-6-8-10-12-14-16-18-20-22-24-26-28-30-32-34-36-38-40-42-44-46-51(53)58-48-50(49-59-61(55,56)57-3)60-52(54)47-45-43-41-39-37-35-33-31-29-27-25-23-21-19-17-15-13-11-9-7-5-2/h23,25,50H,4-22,24,26-49H2,1-3H3,(H,55,56)/b25-23-. The van der Waals surface area contributed by atoms with Crippen molar-refractivity contribution in [3.63, 3.8) is 0 Å². The lowest BCUT2D eigenvalue weighted by molar-refractivity contribution is -0.161. The van der Waals surface area contributed by atoms with Crippen molar-refractivity contribution in [2.75, 3.05) is 20.3 Å². The molecule has 0 aliphatic heterocycles. The van der Waals surface area contributed by atoms with Crippen LogP contribution in [-0.4, -0.2) is 43.3 Å². The number of allylic oxidation sites excluding steroid dienone is 2. The van der Waals surface area contributed by atoms with E-state index >= 15 is 0 Å². The molecule has 0 rings (SSSR count). The zero-order chi connectivity index (χ0) is 44.6. The van der Waals surface area contributed by atoms with E-state index in [1.54, 1.807) is 0 Å². The van der Waals surface area contributed by atoms with Gasteiger partial charge in [0, 0.05) is 20.0 Å². The van der Waals surface area contributed by atoms with Crippen LogP contribution < -0.4 is 0 Å². The molecule has 0 saturated heterocycles. The van der Waals surface area contributed by atoms with Crippen LogP contribution >= 0.6 is 7.82 Å². The first-order valence-corrected chi connectivity index (χ1v) is 27.9. The van der Waals surface area contributed by atoms with Gasteiger partial charge in [-0.15, -0.1) is 0 Å². The second-order valence-electron chi connectivity index (χ2n) is 18.0. The van der Waals surface area contributed by atoms with Crippen LogP contribution in [0.3, 0.4) is 0 Å². The number of hydrogen-bond donors (Lipinski definition) is 1. The van der Waals surface area contributed by atoms with Gasteiger partial charge in [0.05, 0.1) is 6.61 Å². The molecule has 1 N–H and O–H groups in total. The second kappa shape index (κ2) is 48.3. The Bertz CT molecular complexity index is 1000. The van der Waals surface area contributed by atoms with E-state index in [1.807, 2.05) is 0 Å². The summed E-state index contributed by atoms with van der Waals surface area (Å²) in [5, 5.41) is 0. The third kappa shape index (κ3) is 48.1. The predicted molar refractivity (Wildman–Crippen MR) is 258 cm³/mol. The summed E-state index contributed by atoms with van der Waals surface area (Å²) in [7, 11) is -3.19. The zero-order valence-electron chi connectivity index (χ0n) is 40.6. The summed E-state index contributed by atoms with van der Waals surface area (Å²) < 4.78 is 32.2. The number of rotatable bonds is 50. The van der Waals surface area contributed by atoms with Crippen LogP contribution in [0.4, 0.5) is 0 Å². The molecule has 0 aliphatic carbocycles. The van der Waals surface area contributed by atoms with E-state index in [0.29, 0.717) is 12.8 Å². The minimum Gasteiger partial charge on any atom is -0.462 e. The highest BCUT2D eigenvalue weighted by molar-refractivity contribution is 7.47. The molecule has 8 nitrogen and oxygen atoms in total. The first-order chi connectivity index (χ1) is 29.8. The lowest BCUT2D eigenvalue weighted by atomic mass is 10.0. The van der Waals surface area contributed by atoms with Gasteiger partial charge in [0.25, 0.3) is 0 Å². The van der Waals surface area contributed by atoms with Crippen molar-refractivity contribution in [1.82, 2.24) is 0 Å². The van der Waals surface area contributed by atoms with Gasteiger partial charge in [-0.3, -0.25) is 18.6 Å². The summed E-state index contributed by atoms with van der Waals surface area (Å²) in [6.45, 7) is 3.94. The molecule has 0 amide bonds. The van der Waals surface area contributed by atoms with Gasteiger partial charge in [-0.1, -0.05) is 244 Å². The second-order valence-corrected chi connectivity index (χ2v) is 19.6. The highest BCUT2D eigenvalue weighted by Gasteiger charge is 2.24. The summed E-state index contributed by atoms with van der Waals surface area (Å²) in [6.07, 6.45) is 55.7. The van der Waals surface area contributed by atoms with Crippen LogP contribution in [0.5, 0.6) is 0 Å². The van der Waals surface area contributed by atoms with Gasteiger partial charge in [0.15, 0.2) is 6.10 Å². The average Bonchev–Trinajstić information content (AvgIpc) is 3.25. The maximum atomic E-state index is 12.6. The van der Waals surface area contributed by atoms with Gasteiger partial charge < -0.3 is 14.4 Å². The molecule has 0 bridgehead atoms. The Morgan fingerprint density at radius 1 is 0.443 bits per heavy atom. The van der Waals surface area contributed by atoms with Crippen LogP contribution in [-0.2, 0) is 32.7 Å². The summed E-state index contributed by atoms with van der Waals surface area (Å²) in [4.78, 5) is 34.7. The van der Waals surface area contributed by atoms with Crippen molar-refractivity contribution in [3.8, 4) is 0 Å². The van der Waals surface area contributed by atoms with E-state index in [0.717, 1.165) is 39.2 Å². The minimum absolute atomic E-state index is 0.219. The third-order valence-corrected chi connectivity index (χ3v) is 12.9. The number of phosphoric acid groups is 1. The smallest absolute Gasteiger partial charge is 0.462 e. The van der Waals surface area contributed by atoms with Crippen molar-refractivity contribution in [1.29, 1.82) is 0 Å². The Morgan fingerprint density at radius 2 is 0.738 bits per heavy atom. The lowest BCUT2D eigenvalue weighted by Crippen LogP contribution is -2.29. The van der Waals surface area contributed by atoms with Crippen LogP contribution in [0.2, 0.25) is 0 Å². The Kier molecular flexibility index (Phi) is 47.3. The first-order valence-electron chi connectivity index (χ1n) is 26.4. The van der Waals surface area contributed by atoms with Crippen LogP contribution in [0, 0.1) is 0 Å². The molecule has 0 radical (unpaired) electrons. The fourth-order valence-corrected chi connectivity index (χ4v) is 8.41. The molecular weight excluding hydrogens is 784 g/mol. The molecule has 0 aromatic carbocycles. The molecule has 362 valence electrons. The number of hydrogen-bond acceptors (Lipinski definition) is 7. The highest BCUT2D eigenvalue weighted by atomic mass is 31.2. The first kappa shape index (κ1) is 59.8.